The Balaban J connectivity index is 2.21. The number of nitrogens with one attached hydrogen (secondary N) is 1. The number of amides is 1. The normalized spacial score (nSPS) is 16.0. The van der Waals surface area contributed by atoms with Gasteiger partial charge in [0.05, 0.1) is 24.4 Å². The van der Waals surface area contributed by atoms with E-state index < -0.39 is 0 Å². The second kappa shape index (κ2) is 5.13. The fourth-order valence-electron chi connectivity index (χ4n) is 1.99. The molecule has 0 unspecified atom stereocenters. The molecule has 0 aromatic carbocycles. The molecule has 3 N–H and O–H groups in total. The fraction of sp³-hybridized carbons (Fsp3) is 0.700. The highest BCUT2D eigenvalue weighted by atomic mass is 16.5. The van der Waals surface area contributed by atoms with Crippen LogP contribution in [0.4, 0.5) is 5.88 Å². The van der Waals surface area contributed by atoms with Crippen LogP contribution >= 0.6 is 0 Å². The molecular formula is C10H18N5O2+. The lowest BCUT2D eigenvalue weighted by Gasteiger charge is -2.18. The summed E-state index contributed by atoms with van der Waals surface area (Å²) in [6, 6.07) is 0. The number of nitrogens with zero attached hydrogens (tertiary/aromatic N) is 3. The highest BCUT2D eigenvalue weighted by molar-refractivity contribution is 5.87. The van der Waals surface area contributed by atoms with Crippen LogP contribution in [0.15, 0.2) is 4.52 Å². The fourth-order valence-corrected chi connectivity index (χ4v) is 1.99. The Morgan fingerprint density at radius 2 is 2.24 bits per heavy atom. The van der Waals surface area contributed by atoms with E-state index in [9.17, 15) is 4.79 Å². The number of hydrogen-bond acceptors (Lipinski definition) is 5. The van der Waals surface area contributed by atoms with Crippen LogP contribution in [0.25, 0.3) is 0 Å². The van der Waals surface area contributed by atoms with Crippen molar-refractivity contribution in [1.29, 1.82) is 0 Å². The summed E-state index contributed by atoms with van der Waals surface area (Å²) < 4.78 is 5.11. The van der Waals surface area contributed by atoms with E-state index in [4.69, 9.17) is 10.3 Å². The summed E-state index contributed by atoms with van der Waals surface area (Å²) in [6.45, 7) is 3.57. The van der Waals surface area contributed by atoms with Crippen molar-refractivity contribution in [1.82, 2.24) is 5.27 Å². The zero-order valence-electron chi connectivity index (χ0n) is 9.98. The molecule has 0 aliphatic carbocycles. The lowest BCUT2D eigenvalue weighted by molar-refractivity contribution is -0.765. The molecule has 1 aliphatic heterocycles. The Morgan fingerprint density at radius 1 is 1.53 bits per heavy atom. The van der Waals surface area contributed by atoms with Gasteiger partial charge in [-0.1, -0.05) is 0 Å². The number of rotatable bonds is 3. The Bertz CT molecular complexity index is 397. The Labute approximate surface area is 99.5 Å². The van der Waals surface area contributed by atoms with Gasteiger partial charge < -0.3 is 5.73 Å². The summed E-state index contributed by atoms with van der Waals surface area (Å²) in [4.78, 5) is 12.7. The van der Waals surface area contributed by atoms with Crippen molar-refractivity contribution in [3.05, 3.63) is 5.69 Å². The van der Waals surface area contributed by atoms with Crippen molar-refractivity contribution < 1.29 is 14.1 Å². The van der Waals surface area contributed by atoms with Crippen molar-refractivity contribution in [3.8, 4) is 0 Å². The van der Waals surface area contributed by atoms with Crippen LogP contribution < -0.4 is 20.9 Å². The molecule has 0 atom stereocenters. The third kappa shape index (κ3) is 2.55. The predicted molar refractivity (Wildman–Crippen MR) is 60.7 cm³/mol. The largest absolute Gasteiger partial charge is 0.321 e. The van der Waals surface area contributed by atoms with Gasteiger partial charge in [0, 0.05) is 6.92 Å². The molecule has 7 heteroatoms. The SMILES string of the molecule is CC(=O)Nc1on[n+](N2CCCCC2)c1CN. The molecule has 17 heavy (non-hydrogen) atoms. The summed E-state index contributed by atoms with van der Waals surface area (Å²) in [5.41, 5.74) is 6.38. The first-order valence-electron chi connectivity index (χ1n) is 5.86. The molecule has 1 saturated heterocycles. The van der Waals surface area contributed by atoms with Gasteiger partial charge in [0.15, 0.2) is 0 Å². The number of aromatic nitrogens is 2. The molecule has 0 saturated carbocycles. The predicted octanol–water partition coefficient (Wildman–Crippen LogP) is -0.499. The highest BCUT2D eigenvalue weighted by Gasteiger charge is 2.30. The molecule has 1 amide bonds. The third-order valence-corrected chi connectivity index (χ3v) is 2.80. The highest BCUT2D eigenvalue weighted by Crippen LogP contribution is 2.11. The molecule has 1 aromatic heterocycles. The van der Waals surface area contributed by atoms with Crippen LogP contribution in [0.2, 0.25) is 0 Å². The maximum atomic E-state index is 11.0. The van der Waals surface area contributed by atoms with E-state index in [1.807, 2.05) is 0 Å². The van der Waals surface area contributed by atoms with Gasteiger partial charge in [-0.05, 0) is 19.3 Å². The summed E-state index contributed by atoms with van der Waals surface area (Å²) in [7, 11) is 0. The van der Waals surface area contributed by atoms with Gasteiger partial charge in [0.1, 0.15) is 0 Å². The first-order chi connectivity index (χ1) is 8.22. The first kappa shape index (κ1) is 11.8. The van der Waals surface area contributed by atoms with E-state index >= 15 is 0 Å². The number of nitrogens with two attached hydrogens (primary N) is 1. The van der Waals surface area contributed by atoms with E-state index in [-0.39, 0.29) is 12.5 Å². The second-order valence-corrected chi connectivity index (χ2v) is 4.14. The lowest BCUT2D eigenvalue weighted by atomic mass is 10.2. The summed E-state index contributed by atoms with van der Waals surface area (Å²) >= 11 is 0. The van der Waals surface area contributed by atoms with Gasteiger partial charge in [-0.3, -0.25) is 14.6 Å². The third-order valence-electron chi connectivity index (χ3n) is 2.80. The van der Waals surface area contributed by atoms with Crippen LogP contribution in [0, 0.1) is 0 Å². The van der Waals surface area contributed by atoms with Crippen molar-refractivity contribution in [2.45, 2.75) is 32.7 Å². The molecule has 2 heterocycles. The average molecular weight is 240 g/mol. The smallest absolute Gasteiger partial charge is 0.321 e. The standard InChI is InChI=1S/C10H17N5O2/c1-8(16)12-10-9(7-11)15(13-17-10)14-5-3-2-4-6-14/h2-7,11H2,1H3/p+1. The van der Waals surface area contributed by atoms with E-state index in [1.54, 1.807) is 4.79 Å². The van der Waals surface area contributed by atoms with E-state index in [0.717, 1.165) is 25.9 Å². The second-order valence-electron chi connectivity index (χ2n) is 4.14. The molecule has 0 radical (unpaired) electrons. The van der Waals surface area contributed by atoms with Gasteiger partial charge in [0.2, 0.25) is 11.2 Å². The molecule has 7 nitrogen and oxygen atoms in total. The molecule has 94 valence electrons. The van der Waals surface area contributed by atoms with Gasteiger partial charge in [-0.25, -0.2) is 0 Å². The van der Waals surface area contributed by atoms with Gasteiger partial charge >= 0.3 is 11.6 Å². The van der Waals surface area contributed by atoms with E-state index in [0.29, 0.717) is 11.6 Å². The maximum Gasteiger partial charge on any atom is 0.321 e. The average Bonchev–Trinajstić information content (AvgIpc) is 2.72. The van der Waals surface area contributed by atoms with E-state index in [2.05, 4.69) is 15.6 Å². The van der Waals surface area contributed by atoms with Gasteiger partial charge in [0.25, 0.3) is 0 Å². The molecule has 2 rings (SSSR count). The molecule has 0 bridgehead atoms. The molecular weight excluding hydrogens is 222 g/mol. The zero-order chi connectivity index (χ0) is 12.3. The molecule has 1 fully saturated rings. The number of hydrogen-bond donors (Lipinski definition) is 2. The van der Waals surface area contributed by atoms with Crippen molar-refractivity contribution in [3.63, 3.8) is 0 Å². The van der Waals surface area contributed by atoms with Crippen LogP contribution in [0.5, 0.6) is 0 Å². The number of piperidine rings is 1. The minimum Gasteiger partial charge on any atom is -0.321 e. The molecule has 1 aromatic rings. The Hall–Kier alpha value is -1.63. The van der Waals surface area contributed by atoms with Crippen LogP contribution in [-0.2, 0) is 11.3 Å². The van der Waals surface area contributed by atoms with Crippen molar-refractivity contribution in [2.75, 3.05) is 23.4 Å². The summed E-state index contributed by atoms with van der Waals surface area (Å²) in [5.74, 6) is 0.146. The zero-order valence-corrected chi connectivity index (χ0v) is 9.98. The van der Waals surface area contributed by atoms with E-state index in [1.165, 1.54) is 13.3 Å². The monoisotopic (exact) mass is 240 g/mol. The minimum absolute atomic E-state index is 0.193. The van der Waals surface area contributed by atoms with Gasteiger partial charge in [-0.2, -0.15) is 5.01 Å². The number of carbonyl (C=O) groups excluding carboxylic acids is 1. The lowest BCUT2D eigenvalue weighted by Crippen LogP contribution is -2.63. The quantitative estimate of drug-likeness (QED) is 0.695. The Morgan fingerprint density at radius 3 is 2.82 bits per heavy atom. The summed E-state index contributed by atoms with van der Waals surface area (Å²) in [5, 5.41) is 8.61. The molecule has 1 aliphatic rings. The number of anilines is 1. The summed E-state index contributed by atoms with van der Waals surface area (Å²) in [6.07, 6.45) is 3.52. The van der Waals surface area contributed by atoms with Crippen LogP contribution in [0.1, 0.15) is 31.9 Å². The van der Waals surface area contributed by atoms with Crippen LogP contribution in [-0.4, -0.2) is 24.3 Å². The van der Waals surface area contributed by atoms with Crippen LogP contribution in [0.3, 0.4) is 0 Å². The molecule has 0 spiro atoms. The first-order valence-corrected chi connectivity index (χ1v) is 5.86. The topological polar surface area (TPSA) is 88.3 Å². The van der Waals surface area contributed by atoms with Crippen molar-refractivity contribution >= 4 is 11.8 Å². The maximum absolute atomic E-state index is 11.0. The number of carbonyl (C=O) groups is 1. The van der Waals surface area contributed by atoms with Gasteiger partial charge in [-0.15, -0.1) is 0 Å². The Kier molecular flexibility index (Phi) is 3.58. The van der Waals surface area contributed by atoms with Crippen molar-refractivity contribution in [2.24, 2.45) is 5.73 Å². The minimum atomic E-state index is -0.193.